The van der Waals surface area contributed by atoms with E-state index in [-0.39, 0.29) is 0 Å². The molecule has 0 aromatic rings. The van der Waals surface area contributed by atoms with Crippen molar-refractivity contribution in [1.29, 1.82) is 0 Å². The van der Waals surface area contributed by atoms with Gasteiger partial charge in [0.1, 0.15) is 0 Å². The Morgan fingerprint density at radius 1 is 1.14 bits per heavy atom. The van der Waals surface area contributed by atoms with Crippen LogP contribution in [0.1, 0.15) is 52.4 Å². The Labute approximate surface area is 88.6 Å². The lowest BCUT2D eigenvalue weighted by atomic mass is 9.80. The lowest BCUT2D eigenvalue weighted by molar-refractivity contribution is 0.236. The molecule has 0 atom stereocenters. The number of nitrogens with two attached hydrogens (primary N) is 1. The minimum atomic E-state index is 0.404. The summed E-state index contributed by atoms with van der Waals surface area (Å²) in [4.78, 5) is 0. The molecule has 14 heavy (non-hydrogen) atoms. The third kappa shape index (κ3) is 3.58. The van der Waals surface area contributed by atoms with Gasteiger partial charge in [-0.05, 0) is 24.8 Å². The van der Waals surface area contributed by atoms with Crippen molar-refractivity contribution in [3.63, 3.8) is 0 Å². The molecule has 1 fully saturated rings. The number of hydrogen-bond donors (Lipinski definition) is 2. The molecule has 0 saturated heterocycles. The summed E-state index contributed by atoms with van der Waals surface area (Å²) in [6.45, 7) is 6.38. The zero-order chi connectivity index (χ0) is 10.4. The fraction of sp³-hybridized carbons (Fsp3) is 1.00. The van der Waals surface area contributed by atoms with Crippen molar-refractivity contribution in [3.8, 4) is 0 Å². The molecule has 0 heterocycles. The molecule has 0 aliphatic heterocycles. The molecule has 2 nitrogen and oxygen atoms in total. The highest BCUT2D eigenvalue weighted by atomic mass is 14.9. The smallest absolute Gasteiger partial charge is 0.00223 e. The van der Waals surface area contributed by atoms with Crippen molar-refractivity contribution in [1.82, 2.24) is 5.32 Å². The van der Waals surface area contributed by atoms with E-state index in [2.05, 4.69) is 19.2 Å². The summed E-state index contributed by atoms with van der Waals surface area (Å²) in [6, 6.07) is 0.585. The van der Waals surface area contributed by atoms with E-state index >= 15 is 0 Å². The molecule has 0 spiro atoms. The first-order chi connectivity index (χ1) is 6.68. The molecule has 1 aliphatic carbocycles. The maximum absolute atomic E-state index is 5.95. The summed E-state index contributed by atoms with van der Waals surface area (Å²) in [5, 5.41) is 3.55. The Morgan fingerprint density at radius 3 is 2.14 bits per heavy atom. The highest BCUT2D eigenvalue weighted by Crippen LogP contribution is 2.33. The van der Waals surface area contributed by atoms with Crippen molar-refractivity contribution >= 4 is 0 Å². The topological polar surface area (TPSA) is 38.0 Å². The standard InChI is InChI=1S/C12H26N2/c1-11(2)14-10-12(9-13)7-5-3-4-6-8-12/h11,14H,3-10,13H2,1-2H3. The van der Waals surface area contributed by atoms with Gasteiger partial charge in [0.05, 0.1) is 0 Å². The van der Waals surface area contributed by atoms with Gasteiger partial charge in [0.25, 0.3) is 0 Å². The van der Waals surface area contributed by atoms with Gasteiger partial charge in [0.15, 0.2) is 0 Å². The van der Waals surface area contributed by atoms with Crippen LogP contribution in [0.3, 0.4) is 0 Å². The van der Waals surface area contributed by atoms with E-state index in [9.17, 15) is 0 Å². The second kappa shape index (κ2) is 5.72. The quantitative estimate of drug-likeness (QED) is 0.680. The maximum atomic E-state index is 5.95. The number of nitrogens with one attached hydrogen (secondary N) is 1. The van der Waals surface area contributed by atoms with Crippen molar-refractivity contribution in [2.45, 2.75) is 58.4 Å². The van der Waals surface area contributed by atoms with Crippen molar-refractivity contribution in [2.75, 3.05) is 13.1 Å². The molecular weight excluding hydrogens is 172 g/mol. The van der Waals surface area contributed by atoms with Crippen molar-refractivity contribution < 1.29 is 0 Å². The predicted molar refractivity (Wildman–Crippen MR) is 62.3 cm³/mol. The monoisotopic (exact) mass is 198 g/mol. The molecule has 0 amide bonds. The number of hydrogen-bond acceptors (Lipinski definition) is 2. The van der Waals surface area contributed by atoms with Gasteiger partial charge in [-0.15, -0.1) is 0 Å². The highest BCUT2D eigenvalue weighted by Gasteiger charge is 2.29. The summed E-state index contributed by atoms with van der Waals surface area (Å²) in [5.74, 6) is 0. The van der Waals surface area contributed by atoms with E-state index in [1.54, 1.807) is 0 Å². The minimum Gasteiger partial charge on any atom is -0.330 e. The van der Waals surface area contributed by atoms with Crippen LogP contribution in [0.25, 0.3) is 0 Å². The van der Waals surface area contributed by atoms with Crippen LogP contribution in [-0.2, 0) is 0 Å². The van der Waals surface area contributed by atoms with Crippen LogP contribution in [0.2, 0.25) is 0 Å². The summed E-state index contributed by atoms with van der Waals surface area (Å²) < 4.78 is 0. The Hall–Kier alpha value is -0.0800. The van der Waals surface area contributed by atoms with Crippen LogP contribution in [0, 0.1) is 5.41 Å². The molecule has 1 aliphatic rings. The lowest BCUT2D eigenvalue weighted by Gasteiger charge is -2.32. The van der Waals surface area contributed by atoms with Gasteiger partial charge in [-0.3, -0.25) is 0 Å². The van der Waals surface area contributed by atoms with E-state index in [1.165, 1.54) is 38.5 Å². The second-order valence-corrected chi connectivity index (χ2v) is 5.15. The third-order valence-electron chi connectivity index (χ3n) is 3.48. The van der Waals surface area contributed by atoms with Gasteiger partial charge >= 0.3 is 0 Å². The first-order valence-electron chi connectivity index (χ1n) is 6.12. The Balaban J connectivity index is 2.45. The predicted octanol–water partition coefficient (Wildman–Crippen LogP) is 2.28. The van der Waals surface area contributed by atoms with Crippen LogP contribution in [0.15, 0.2) is 0 Å². The van der Waals surface area contributed by atoms with Crippen molar-refractivity contribution in [3.05, 3.63) is 0 Å². The average Bonchev–Trinajstić information content (AvgIpc) is 2.41. The van der Waals surface area contributed by atoms with Crippen LogP contribution in [0.4, 0.5) is 0 Å². The summed E-state index contributed by atoms with van der Waals surface area (Å²) in [7, 11) is 0. The van der Waals surface area contributed by atoms with Gasteiger partial charge in [-0.2, -0.15) is 0 Å². The molecule has 0 radical (unpaired) electrons. The average molecular weight is 198 g/mol. The molecule has 1 saturated carbocycles. The van der Waals surface area contributed by atoms with Crippen LogP contribution >= 0.6 is 0 Å². The fourth-order valence-electron chi connectivity index (χ4n) is 2.35. The normalized spacial score (nSPS) is 22.3. The molecule has 0 unspecified atom stereocenters. The largest absolute Gasteiger partial charge is 0.330 e. The summed E-state index contributed by atoms with van der Waals surface area (Å²) in [5.41, 5.74) is 6.36. The third-order valence-corrected chi connectivity index (χ3v) is 3.48. The van der Waals surface area contributed by atoms with Gasteiger partial charge < -0.3 is 11.1 Å². The fourth-order valence-corrected chi connectivity index (χ4v) is 2.35. The molecule has 0 aromatic carbocycles. The Morgan fingerprint density at radius 2 is 1.71 bits per heavy atom. The molecule has 1 rings (SSSR count). The highest BCUT2D eigenvalue weighted by molar-refractivity contribution is 4.85. The zero-order valence-electron chi connectivity index (χ0n) is 9.81. The van der Waals surface area contributed by atoms with Gasteiger partial charge in [0.2, 0.25) is 0 Å². The van der Waals surface area contributed by atoms with E-state index in [0.717, 1.165) is 13.1 Å². The van der Waals surface area contributed by atoms with Crippen LogP contribution in [0.5, 0.6) is 0 Å². The molecule has 2 heteroatoms. The second-order valence-electron chi connectivity index (χ2n) is 5.15. The molecule has 84 valence electrons. The van der Waals surface area contributed by atoms with E-state index < -0.39 is 0 Å². The SMILES string of the molecule is CC(C)NCC1(CN)CCCCCC1. The van der Waals surface area contributed by atoms with Gasteiger partial charge in [-0.1, -0.05) is 39.5 Å². The number of rotatable bonds is 4. The Bertz CT molecular complexity index is 146. The van der Waals surface area contributed by atoms with Crippen molar-refractivity contribution in [2.24, 2.45) is 11.1 Å². The molecular formula is C12H26N2. The summed E-state index contributed by atoms with van der Waals surface area (Å²) >= 11 is 0. The molecule has 3 N–H and O–H groups in total. The molecule has 0 aromatic heterocycles. The van der Waals surface area contributed by atoms with E-state index in [1.807, 2.05) is 0 Å². The Kier molecular flexibility index (Phi) is 4.90. The van der Waals surface area contributed by atoms with Gasteiger partial charge in [0, 0.05) is 12.6 Å². The first kappa shape index (κ1) is 12.0. The maximum Gasteiger partial charge on any atom is 0.00223 e. The van der Waals surface area contributed by atoms with Crippen LogP contribution < -0.4 is 11.1 Å². The zero-order valence-corrected chi connectivity index (χ0v) is 9.81. The summed E-state index contributed by atoms with van der Waals surface area (Å²) in [6.07, 6.45) is 8.20. The van der Waals surface area contributed by atoms with E-state index in [4.69, 9.17) is 5.73 Å². The minimum absolute atomic E-state index is 0.404. The van der Waals surface area contributed by atoms with Gasteiger partial charge in [-0.25, -0.2) is 0 Å². The van der Waals surface area contributed by atoms with E-state index in [0.29, 0.717) is 11.5 Å². The first-order valence-corrected chi connectivity index (χ1v) is 6.12. The van der Waals surface area contributed by atoms with Crippen LogP contribution in [-0.4, -0.2) is 19.1 Å². The molecule has 0 bridgehead atoms. The lowest BCUT2D eigenvalue weighted by Crippen LogP contribution is -2.42.